The average molecular weight is 442 g/mol. The quantitative estimate of drug-likeness (QED) is 0.362. The molecular weight excluding hydrogens is 422 g/mol. The number of para-hydroxylation sites is 2. The zero-order chi connectivity index (χ0) is 21.9. The molecule has 0 fully saturated rings. The normalized spacial score (nSPS) is 11.0. The van der Waals surface area contributed by atoms with E-state index >= 15 is 0 Å². The third kappa shape index (κ3) is 4.13. The number of nitrogens with zero attached hydrogens (tertiary/aromatic N) is 4. The number of rotatable bonds is 6. The largest absolute Gasteiger partial charge is 0.338 e. The SMILES string of the molecule is Cc1noc(CSc2ccccc2C(=O)Nc2ccc(-n3cnc4ccccc43)cc2)n1. The number of thioether (sulfide) groups is 1. The number of aromatic nitrogens is 4. The molecule has 0 atom stereocenters. The number of imidazole rings is 1. The van der Waals surface area contributed by atoms with Crippen LogP contribution in [0.1, 0.15) is 22.1 Å². The first-order chi connectivity index (χ1) is 15.7. The van der Waals surface area contributed by atoms with E-state index in [1.54, 1.807) is 13.3 Å². The third-order valence-corrected chi connectivity index (χ3v) is 5.97. The second-order valence-electron chi connectivity index (χ2n) is 7.12. The highest BCUT2D eigenvalue weighted by atomic mass is 32.2. The monoisotopic (exact) mass is 441 g/mol. The lowest BCUT2D eigenvalue weighted by Gasteiger charge is -2.10. The molecule has 2 heterocycles. The smallest absolute Gasteiger partial charge is 0.256 e. The summed E-state index contributed by atoms with van der Waals surface area (Å²) in [5.41, 5.74) is 4.26. The van der Waals surface area contributed by atoms with Gasteiger partial charge in [0.15, 0.2) is 5.82 Å². The fourth-order valence-corrected chi connectivity index (χ4v) is 4.27. The van der Waals surface area contributed by atoms with Gasteiger partial charge in [0, 0.05) is 16.3 Å². The summed E-state index contributed by atoms with van der Waals surface area (Å²) in [4.78, 5) is 22.4. The first kappa shape index (κ1) is 20.0. The Bertz CT molecular complexity index is 1390. The van der Waals surface area contributed by atoms with E-state index in [4.69, 9.17) is 4.52 Å². The Morgan fingerprint density at radius 1 is 1.03 bits per heavy atom. The van der Waals surface area contributed by atoms with E-state index in [1.165, 1.54) is 11.8 Å². The van der Waals surface area contributed by atoms with Gasteiger partial charge in [0.05, 0.1) is 22.3 Å². The van der Waals surface area contributed by atoms with Gasteiger partial charge in [0.1, 0.15) is 6.33 Å². The maximum Gasteiger partial charge on any atom is 0.256 e. The second kappa shape index (κ2) is 8.68. The lowest BCUT2D eigenvalue weighted by atomic mass is 10.2. The molecule has 32 heavy (non-hydrogen) atoms. The molecule has 5 rings (SSSR count). The molecule has 0 spiro atoms. The molecule has 2 aromatic heterocycles. The molecular formula is C24H19N5O2S. The van der Waals surface area contributed by atoms with Crippen molar-refractivity contribution < 1.29 is 9.32 Å². The lowest BCUT2D eigenvalue weighted by molar-refractivity contribution is 0.102. The van der Waals surface area contributed by atoms with Gasteiger partial charge in [0.25, 0.3) is 5.91 Å². The van der Waals surface area contributed by atoms with Crippen LogP contribution in [-0.2, 0) is 5.75 Å². The van der Waals surface area contributed by atoms with Gasteiger partial charge in [-0.2, -0.15) is 4.98 Å². The minimum atomic E-state index is -0.171. The molecule has 0 aliphatic heterocycles. The number of benzene rings is 3. The molecule has 5 aromatic rings. The molecule has 8 heteroatoms. The summed E-state index contributed by atoms with van der Waals surface area (Å²) in [7, 11) is 0. The Morgan fingerprint density at radius 2 is 1.81 bits per heavy atom. The molecule has 0 aliphatic carbocycles. The van der Waals surface area contributed by atoms with Crippen LogP contribution in [0.2, 0.25) is 0 Å². The highest BCUT2D eigenvalue weighted by molar-refractivity contribution is 7.98. The van der Waals surface area contributed by atoms with Crippen molar-refractivity contribution in [2.24, 2.45) is 0 Å². The summed E-state index contributed by atoms with van der Waals surface area (Å²) >= 11 is 1.49. The predicted molar refractivity (Wildman–Crippen MR) is 124 cm³/mol. The minimum absolute atomic E-state index is 0.171. The summed E-state index contributed by atoms with van der Waals surface area (Å²) in [6.07, 6.45) is 1.80. The Morgan fingerprint density at radius 3 is 2.62 bits per heavy atom. The van der Waals surface area contributed by atoms with Gasteiger partial charge < -0.3 is 9.84 Å². The van der Waals surface area contributed by atoms with E-state index < -0.39 is 0 Å². The first-order valence-corrected chi connectivity index (χ1v) is 11.0. The molecule has 0 saturated carbocycles. The Balaban J connectivity index is 1.31. The molecule has 3 aromatic carbocycles. The molecule has 1 N–H and O–H groups in total. The summed E-state index contributed by atoms with van der Waals surface area (Å²) in [5, 5.41) is 6.78. The van der Waals surface area contributed by atoms with E-state index in [9.17, 15) is 4.79 Å². The van der Waals surface area contributed by atoms with Gasteiger partial charge in [-0.3, -0.25) is 9.36 Å². The van der Waals surface area contributed by atoms with Crippen molar-refractivity contribution in [3.8, 4) is 5.69 Å². The average Bonchev–Trinajstić information content (AvgIpc) is 3.44. The topological polar surface area (TPSA) is 85.8 Å². The van der Waals surface area contributed by atoms with Crippen molar-refractivity contribution in [2.45, 2.75) is 17.6 Å². The van der Waals surface area contributed by atoms with Crippen LogP contribution in [0, 0.1) is 6.92 Å². The number of nitrogens with one attached hydrogen (secondary N) is 1. The van der Waals surface area contributed by atoms with E-state index in [2.05, 4.69) is 20.4 Å². The number of aryl methyl sites for hydroxylation is 1. The summed E-state index contributed by atoms with van der Waals surface area (Å²) in [5.74, 6) is 1.46. The summed E-state index contributed by atoms with van der Waals surface area (Å²) in [6, 6.07) is 23.1. The first-order valence-electron chi connectivity index (χ1n) is 10.0. The molecule has 0 unspecified atom stereocenters. The zero-order valence-corrected chi connectivity index (χ0v) is 18.0. The second-order valence-corrected chi connectivity index (χ2v) is 8.14. The Kier molecular flexibility index (Phi) is 5.43. The number of carbonyl (C=O) groups excluding carboxylic acids is 1. The number of amides is 1. The van der Waals surface area contributed by atoms with Gasteiger partial charge >= 0.3 is 0 Å². The van der Waals surface area contributed by atoms with Crippen LogP contribution >= 0.6 is 11.8 Å². The van der Waals surface area contributed by atoms with Gasteiger partial charge in [0.2, 0.25) is 5.89 Å². The fourth-order valence-electron chi connectivity index (χ4n) is 3.39. The van der Waals surface area contributed by atoms with E-state index in [0.29, 0.717) is 23.0 Å². The molecule has 7 nitrogen and oxygen atoms in total. The summed E-state index contributed by atoms with van der Waals surface area (Å²) in [6.45, 7) is 1.78. The van der Waals surface area contributed by atoms with Crippen molar-refractivity contribution in [1.82, 2.24) is 19.7 Å². The van der Waals surface area contributed by atoms with E-state index in [1.807, 2.05) is 77.4 Å². The van der Waals surface area contributed by atoms with Gasteiger partial charge in [-0.1, -0.05) is 29.4 Å². The van der Waals surface area contributed by atoms with Crippen LogP contribution in [0.15, 0.2) is 88.5 Å². The van der Waals surface area contributed by atoms with Crippen molar-refractivity contribution in [1.29, 1.82) is 0 Å². The van der Waals surface area contributed by atoms with Crippen molar-refractivity contribution in [3.63, 3.8) is 0 Å². The molecule has 0 bridgehead atoms. The van der Waals surface area contributed by atoms with Crippen molar-refractivity contribution in [3.05, 3.63) is 96.4 Å². The van der Waals surface area contributed by atoms with Crippen LogP contribution in [0.5, 0.6) is 0 Å². The van der Waals surface area contributed by atoms with Crippen molar-refractivity contribution >= 4 is 34.4 Å². The van der Waals surface area contributed by atoms with E-state index in [0.717, 1.165) is 27.3 Å². The number of hydrogen-bond acceptors (Lipinski definition) is 6. The standard InChI is InChI=1S/C24H19N5O2S/c1-16-26-23(31-28-16)14-32-22-9-5-2-6-19(22)24(30)27-17-10-12-18(13-11-17)29-15-25-20-7-3-4-8-21(20)29/h2-13,15H,14H2,1H3,(H,27,30). The van der Waals surface area contributed by atoms with Gasteiger partial charge in [-0.05, 0) is 55.5 Å². The predicted octanol–water partition coefficient (Wildman–Crippen LogP) is 5.26. The van der Waals surface area contributed by atoms with Crippen LogP contribution in [0.3, 0.4) is 0 Å². The molecule has 158 valence electrons. The minimum Gasteiger partial charge on any atom is -0.338 e. The highest BCUT2D eigenvalue weighted by Gasteiger charge is 2.13. The number of carbonyl (C=O) groups is 1. The maximum absolute atomic E-state index is 12.9. The molecule has 0 aliphatic rings. The van der Waals surface area contributed by atoms with E-state index in [-0.39, 0.29) is 5.91 Å². The maximum atomic E-state index is 12.9. The number of hydrogen-bond donors (Lipinski definition) is 1. The summed E-state index contributed by atoms with van der Waals surface area (Å²) < 4.78 is 7.18. The van der Waals surface area contributed by atoms with Crippen LogP contribution in [-0.4, -0.2) is 25.6 Å². The molecule has 1 amide bonds. The molecule has 0 saturated heterocycles. The third-order valence-electron chi connectivity index (χ3n) is 4.91. The number of anilines is 1. The van der Waals surface area contributed by atoms with Crippen LogP contribution in [0.25, 0.3) is 16.7 Å². The van der Waals surface area contributed by atoms with Gasteiger partial charge in [-0.25, -0.2) is 4.98 Å². The molecule has 0 radical (unpaired) electrons. The number of fused-ring (bicyclic) bond motifs is 1. The fraction of sp³-hybridized carbons (Fsp3) is 0.0833. The van der Waals surface area contributed by atoms with Crippen LogP contribution < -0.4 is 5.32 Å². The zero-order valence-electron chi connectivity index (χ0n) is 17.2. The Labute approximate surface area is 188 Å². The van der Waals surface area contributed by atoms with Gasteiger partial charge in [-0.15, -0.1) is 11.8 Å². The van der Waals surface area contributed by atoms with Crippen molar-refractivity contribution in [2.75, 3.05) is 5.32 Å². The van der Waals surface area contributed by atoms with Crippen LogP contribution in [0.4, 0.5) is 5.69 Å². The Hall–Kier alpha value is -3.91. The highest BCUT2D eigenvalue weighted by Crippen LogP contribution is 2.27. The lowest BCUT2D eigenvalue weighted by Crippen LogP contribution is -2.13.